The molecule has 0 amide bonds. The van der Waals surface area contributed by atoms with Crippen LogP contribution in [-0.2, 0) is 0 Å². The van der Waals surface area contributed by atoms with Crippen LogP contribution in [0, 0.1) is 5.92 Å². The van der Waals surface area contributed by atoms with Crippen LogP contribution in [0.5, 0.6) is 0 Å². The Morgan fingerprint density at radius 3 is 2.50 bits per heavy atom. The fourth-order valence-corrected chi connectivity index (χ4v) is 3.54. The summed E-state index contributed by atoms with van der Waals surface area (Å²) in [7, 11) is 0. The van der Waals surface area contributed by atoms with Gasteiger partial charge < -0.3 is 5.73 Å². The Morgan fingerprint density at radius 2 is 1.81 bits per heavy atom. The van der Waals surface area contributed by atoms with Gasteiger partial charge in [0.25, 0.3) is 0 Å². The lowest BCUT2D eigenvalue weighted by atomic mass is 9.95. The molecule has 1 aliphatic heterocycles. The first-order chi connectivity index (χ1) is 7.77. The maximum Gasteiger partial charge on any atom is 0.0244 e. The molecule has 2 atom stereocenters. The van der Waals surface area contributed by atoms with Crippen molar-refractivity contribution in [2.45, 2.75) is 70.4 Å². The standard InChI is InChI=1S/C14H28N2/c1-12(15)14-8-4-5-10-16(14)11-9-13-6-2-3-7-13/h12-14H,2-11,15H2,1H3. The Balaban J connectivity index is 1.76. The molecule has 2 unspecified atom stereocenters. The van der Waals surface area contributed by atoms with E-state index in [1.807, 2.05) is 0 Å². The first-order valence-corrected chi connectivity index (χ1v) is 7.27. The van der Waals surface area contributed by atoms with Gasteiger partial charge >= 0.3 is 0 Å². The molecule has 2 fully saturated rings. The van der Waals surface area contributed by atoms with Gasteiger partial charge in [0.1, 0.15) is 0 Å². The molecule has 2 rings (SSSR count). The van der Waals surface area contributed by atoms with Gasteiger partial charge in [-0.3, -0.25) is 4.90 Å². The van der Waals surface area contributed by atoms with Gasteiger partial charge in [0.15, 0.2) is 0 Å². The molecule has 1 heterocycles. The van der Waals surface area contributed by atoms with Crippen LogP contribution in [0.25, 0.3) is 0 Å². The van der Waals surface area contributed by atoms with E-state index < -0.39 is 0 Å². The van der Waals surface area contributed by atoms with Crippen LogP contribution in [0.15, 0.2) is 0 Å². The lowest BCUT2D eigenvalue weighted by molar-refractivity contribution is 0.122. The van der Waals surface area contributed by atoms with E-state index in [4.69, 9.17) is 5.73 Å². The van der Waals surface area contributed by atoms with Crippen molar-refractivity contribution in [1.29, 1.82) is 0 Å². The smallest absolute Gasteiger partial charge is 0.0244 e. The number of nitrogens with zero attached hydrogens (tertiary/aromatic N) is 1. The molecule has 2 heteroatoms. The number of piperidine rings is 1. The van der Waals surface area contributed by atoms with Crippen LogP contribution >= 0.6 is 0 Å². The quantitative estimate of drug-likeness (QED) is 0.795. The van der Waals surface area contributed by atoms with Crippen LogP contribution in [-0.4, -0.2) is 30.1 Å². The maximum atomic E-state index is 6.10. The molecule has 0 aromatic rings. The van der Waals surface area contributed by atoms with E-state index in [9.17, 15) is 0 Å². The van der Waals surface area contributed by atoms with E-state index >= 15 is 0 Å². The SMILES string of the molecule is CC(N)C1CCCCN1CCC1CCCC1. The Hall–Kier alpha value is -0.0800. The molecule has 0 radical (unpaired) electrons. The number of nitrogens with two attached hydrogens (primary N) is 1. The summed E-state index contributed by atoms with van der Waals surface area (Å²) in [6, 6.07) is 1.01. The lowest BCUT2D eigenvalue weighted by Gasteiger charge is -2.38. The van der Waals surface area contributed by atoms with Crippen molar-refractivity contribution in [2.75, 3.05) is 13.1 Å². The Kier molecular flexibility index (Phi) is 4.66. The average Bonchev–Trinajstić information content (AvgIpc) is 2.79. The number of likely N-dealkylation sites (tertiary alicyclic amines) is 1. The van der Waals surface area contributed by atoms with Gasteiger partial charge in [-0.05, 0) is 45.2 Å². The zero-order chi connectivity index (χ0) is 11.4. The molecule has 1 aliphatic carbocycles. The summed E-state index contributed by atoms with van der Waals surface area (Å²) in [4.78, 5) is 2.67. The van der Waals surface area contributed by atoms with E-state index in [2.05, 4.69) is 11.8 Å². The van der Waals surface area contributed by atoms with Crippen molar-refractivity contribution >= 4 is 0 Å². The second kappa shape index (κ2) is 6.02. The molecule has 0 aromatic carbocycles. The van der Waals surface area contributed by atoms with E-state index in [1.54, 1.807) is 0 Å². The zero-order valence-corrected chi connectivity index (χ0v) is 10.8. The number of hydrogen-bond acceptors (Lipinski definition) is 2. The highest BCUT2D eigenvalue weighted by Gasteiger charge is 2.26. The normalized spacial score (nSPS) is 30.8. The molecule has 1 saturated carbocycles. The predicted molar refractivity (Wildman–Crippen MR) is 69.4 cm³/mol. The van der Waals surface area contributed by atoms with Gasteiger partial charge in [-0.1, -0.05) is 32.1 Å². The van der Waals surface area contributed by atoms with E-state index in [1.165, 1.54) is 64.5 Å². The molecule has 2 N–H and O–H groups in total. The monoisotopic (exact) mass is 224 g/mol. The minimum absolute atomic E-state index is 0.351. The fourth-order valence-electron chi connectivity index (χ4n) is 3.54. The largest absolute Gasteiger partial charge is 0.327 e. The minimum Gasteiger partial charge on any atom is -0.327 e. The van der Waals surface area contributed by atoms with Crippen LogP contribution in [0.3, 0.4) is 0 Å². The van der Waals surface area contributed by atoms with E-state index in [0.29, 0.717) is 12.1 Å². The Bertz CT molecular complexity index is 197. The zero-order valence-electron chi connectivity index (χ0n) is 10.8. The summed E-state index contributed by atoms with van der Waals surface area (Å²) in [6.07, 6.45) is 11.4. The highest BCUT2D eigenvalue weighted by Crippen LogP contribution is 2.29. The molecule has 2 nitrogen and oxygen atoms in total. The number of rotatable bonds is 4. The van der Waals surface area contributed by atoms with Gasteiger partial charge in [-0.2, -0.15) is 0 Å². The average molecular weight is 224 g/mol. The van der Waals surface area contributed by atoms with E-state index in [0.717, 1.165) is 5.92 Å². The molecule has 94 valence electrons. The minimum atomic E-state index is 0.351. The third-order valence-electron chi connectivity index (χ3n) is 4.57. The first-order valence-electron chi connectivity index (χ1n) is 7.27. The Labute approximate surface area is 101 Å². The molecule has 0 spiro atoms. The summed E-state index contributed by atoms with van der Waals surface area (Å²) < 4.78 is 0. The molecule has 1 saturated heterocycles. The van der Waals surface area contributed by atoms with E-state index in [-0.39, 0.29) is 0 Å². The third kappa shape index (κ3) is 3.21. The van der Waals surface area contributed by atoms with Crippen molar-refractivity contribution in [3.63, 3.8) is 0 Å². The Morgan fingerprint density at radius 1 is 1.12 bits per heavy atom. The first kappa shape index (κ1) is 12.4. The van der Waals surface area contributed by atoms with Gasteiger partial charge in [-0.25, -0.2) is 0 Å². The second-order valence-electron chi connectivity index (χ2n) is 5.90. The van der Waals surface area contributed by atoms with Crippen LogP contribution in [0.1, 0.15) is 58.3 Å². The lowest BCUT2D eigenvalue weighted by Crippen LogP contribution is -2.49. The topological polar surface area (TPSA) is 29.3 Å². The molecule has 16 heavy (non-hydrogen) atoms. The molecule has 0 aromatic heterocycles. The molecule has 2 aliphatic rings. The molecule has 0 bridgehead atoms. The predicted octanol–water partition coefficient (Wildman–Crippen LogP) is 2.77. The highest BCUT2D eigenvalue weighted by atomic mass is 15.2. The van der Waals surface area contributed by atoms with Crippen LogP contribution in [0.4, 0.5) is 0 Å². The summed E-state index contributed by atoms with van der Waals surface area (Å²) in [5.41, 5.74) is 6.10. The van der Waals surface area contributed by atoms with Crippen molar-refractivity contribution in [3.8, 4) is 0 Å². The fraction of sp³-hybridized carbons (Fsp3) is 1.00. The summed E-state index contributed by atoms with van der Waals surface area (Å²) in [5, 5.41) is 0. The van der Waals surface area contributed by atoms with Crippen LogP contribution < -0.4 is 5.73 Å². The van der Waals surface area contributed by atoms with Gasteiger partial charge in [-0.15, -0.1) is 0 Å². The summed E-state index contributed by atoms with van der Waals surface area (Å²) in [6.45, 7) is 4.77. The maximum absolute atomic E-state index is 6.10. The summed E-state index contributed by atoms with van der Waals surface area (Å²) in [5.74, 6) is 1.02. The van der Waals surface area contributed by atoms with Crippen molar-refractivity contribution in [3.05, 3.63) is 0 Å². The second-order valence-corrected chi connectivity index (χ2v) is 5.90. The van der Waals surface area contributed by atoms with Gasteiger partial charge in [0, 0.05) is 12.1 Å². The van der Waals surface area contributed by atoms with Crippen molar-refractivity contribution < 1.29 is 0 Å². The summed E-state index contributed by atoms with van der Waals surface area (Å²) >= 11 is 0. The molecular formula is C14H28N2. The van der Waals surface area contributed by atoms with Crippen molar-refractivity contribution in [1.82, 2.24) is 4.90 Å². The van der Waals surface area contributed by atoms with Crippen LogP contribution in [0.2, 0.25) is 0 Å². The van der Waals surface area contributed by atoms with Gasteiger partial charge in [0.05, 0.1) is 0 Å². The third-order valence-corrected chi connectivity index (χ3v) is 4.57. The van der Waals surface area contributed by atoms with Gasteiger partial charge in [0.2, 0.25) is 0 Å². The molecular weight excluding hydrogens is 196 g/mol. The van der Waals surface area contributed by atoms with Crippen molar-refractivity contribution in [2.24, 2.45) is 11.7 Å². The highest BCUT2D eigenvalue weighted by molar-refractivity contribution is 4.83. The number of hydrogen-bond donors (Lipinski definition) is 1.